The van der Waals surface area contributed by atoms with Crippen molar-refractivity contribution in [3.63, 3.8) is 0 Å². The molecule has 1 N–H and O–H groups in total. The van der Waals surface area contributed by atoms with Crippen LogP contribution in [0, 0.1) is 0 Å². The van der Waals surface area contributed by atoms with Gasteiger partial charge in [0, 0.05) is 10.7 Å². The van der Waals surface area contributed by atoms with E-state index in [0.717, 1.165) is 24.8 Å². The monoisotopic (exact) mass is 361 g/mol. The number of aromatic nitrogens is 4. The van der Waals surface area contributed by atoms with Gasteiger partial charge in [-0.25, -0.2) is 4.79 Å². The second-order valence-corrected chi connectivity index (χ2v) is 6.35. The summed E-state index contributed by atoms with van der Waals surface area (Å²) in [5.74, 6) is 0.109. The minimum atomic E-state index is -0.483. The van der Waals surface area contributed by atoms with Crippen molar-refractivity contribution in [1.82, 2.24) is 20.2 Å². The summed E-state index contributed by atoms with van der Waals surface area (Å²) < 4.78 is 7.05. The van der Waals surface area contributed by atoms with Gasteiger partial charge in [-0.1, -0.05) is 48.6 Å². The fraction of sp³-hybridized carbons (Fsp3) is 0.412. The minimum Gasteiger partial charge on any atom is -0.462 e. The van der Waals surface area contributed by atoms with Gasteiger partial charge in [0.15, 0.2) is 0 Å². The molecule has 0 saturated heterocycles. The van der Waals surface area contributed by atoms with Crippen LogP contribution < -0.4 is 5.32 Å². The normalized spacial score (nSPS) is 16.4. The molecule has 8 heteroatoms. The van der Waals surface area contributed by atoms with E-state index in [9.17, 15) is 4.79 Å². The first-order valence-corrected chi connectivity index (χ1v) is 8.68. The van der Waals surface area contributed by atoms with Crippen LogP contribution in [0.15, 0.2) is 35.5 Å². The third-order valence-electron chi connectivity index (χ3n) is 4.08. The van der Waals surface area contributed by atoms with Crippen molar-refractivity contribution < 1.29 is 9.53 Å². The van der Waals surface area contributed by atoms with Crippen LogP contribution in [0.1, 0.15) is 44.7 Å². The van der Waals surface area contributed by atoms with E-state index in [-0.39, 0.29) is 5.97 Å². The van der Waals surface area contributed by atoms with E-state index >= 15 is 0 Å². The number of rotatable bonds is 6. The lowest BCUT2D eigenvalue weighted by molar-refractivity contribution is -0.139. The number of halogens is 1. The van der Waals surface area contributed by atoms with Crippen molar-refractivity contribution in [3.8, 4) is 0 Å². The molecule has 1 aromatic carbocycles. The average molecular weight is 362 g/mol. The molecule has 0 fully saturated rings. The fourth-order valence-corrected chi connectivity index (χ4v) is 3.05. The number of ether oxygens (including phenoxy) is 1. The Balaban J connectivity index is 1.94. The molecule has 7 nitrogen and oxygen atoms in total. The highest BCUT2D eigenvalue weighted by atomic mass is 35.5. The topological polar surface area (TPSA) is 81.9 Å². The van der Waals surface area contributed by atoms with E-state index in [1.807, 2.05) is 19.1 Å². The summed E-state index contributed by atoms with van der Waals surface area (Å²) in [6.45, 7) is 4.32. The minimum absolute atomic E-state index is 0.368. The van der Waals surface area contributed by atoms with Crippen LogP contribution in [0.5, 0.6) is 0 Å². The number of carbonyl (C=O) groups is 1. The molecule has 0 radical (unpaired) electrons. The molecule has 0 spiro atoms. The van der Waals surface area contributed by atoms with Gasteiger partial charge in [-0.2, -0.15) is 4.68 Å². The van der Waals surface area contributed by atoms with Gasteiger partial charge in [0.05, 0.1) is 12.2 Å². The van der Waals surface area contributed by atoms with Gasteiger partial charge in [-0.05, 0) is 41.5 Å². The predicted molar refractivity (Wildman–Crippen MR) is 94.2 cm³/mol. The second-order valence-electron chi connectivity index (χ2n) is 5.91. The number of esters is 1. The summed E-state index contributed by atoms with van der Waals surface area (Å²) in [5.41, 5.74) is 1.98. The second kappa shape index (κ2) is 7.65. The van der Waals surface area contributed by atoms with E-state index in [2.05, 4.69) is 27.8 Å². The van der Waals surface area contributed by atoms with Gasteiger partial charge >= 0.3 is 5.97 Å². The highest BCUT2D eigenvalue weighted by Crippen LogP contribution is 2.35. The number of benzene rings is 1. The lowest BCUT2D eigenvalue weighted by Gasteiger charge is -2.27. The molecule has 0 saturated carbocycles. The molecule has 0 aliphatic carbocycles. The maximum absolute atomic E-state index is 12.7. The van der Waals surface area contributed by atoms with Crippen molar-refractivity contribution in [3.05, 3.63) is 46.1 Å². The molecule has 2 aromatic rings. The Kier molecular flexibility index (Phi) is 5.33. The molecule has 25 heavy (non-hydrogen) atoms. The van der Waals surface area contributed by atoms with Crippen molar-refractivity contribution in [1.29, 1.82) is 0 Å². The lowest BCUT2D eigenvalue weighted by atomic mass is 9.96. The molecule has 3 rings (SSSR count). The molecule has 0 bridgehead atoms. The summed E-state index contributed by atoms with van der Waals surface area (Å²) in [7, 11) is 0. The number of tetrazole rings is 1. The first-order valence-electron chi connectivity index (χ1n) is 8.30. The number of nitrogens with zero attached hydrogens (tertiary/aromatic N) is 4. The Morgan fingerprint density at radius 2 is 2.24 bits per heavy atom. The van der Waals surface area contributed by atoms with Gasteiger partial charge in [-0.15, -0.1) is 0 Å². The van der Waals surface area contributed by atoms with Gasteiger partial charge in [0.1, 0.15) is 6.04 Å². The first-order chi connectivity index (χ1) is 12.1. The van der Waals surface area contributed by atoms with Crippen LogP contribution in [0.4, 0.5) is 5.95 Å². The van der Waals surface area contributed by atoms with Crippen LogP contribution in [0.25, 0.3) is 0 Å². The summed E-state index contributed by atoms with van der Waals surface area (Å²) in [4.78, 5) is 12.7. The SMILES string of the molecule is CCCCCOC(=O)C1=C(C)Nc2nnnn2C1c1cccc(Cl)c1. The zero-order chi connectivity index (χ0) is 17.8. The van der Waals surface area contributed by atoms with E-state index in [1.165, 1.54) is 0 Å². The molecular formula is C17H20ClN5O2. The summed E-state index contributed by atoms with van der Waals surface area (Å²) in [5, 5.41) is 15.3. The molecule has 1 aromatic heterocycles. The molecule has 1 unspecified atom stereocenters. The number of nitrogens with one attached hydrogen (secondary N) is 1. The zero-order valence-electron chi connectivity index (χ0n) is 14.2. The average Bonchev–Trinajstić information content (AvgIpc) is 3.05. The summed E-state index contributed by atoms with van der Waals surface area (Å²) in [6, 6.07) is 6.84. The number of allylic oxidation sites excluding steroid dienone is 1. The first kappa shape index (κ1) is 17.4. The molecule has 2 heterocycles. The van der Waals surface area contributed by atoms with Gasteiger partial charge in [-0.3, -0.25) is 0 Å². The molecule has 132 valence electrons. The molecular weight excluding hydrogens is 342 g/mol. The van der Waals surface area contributed by atoms with Crippen LogP contribution in [-0.4, -0.2) is 32.8 Å². The number of hydrogen-bond donors (Lipinski definition) is 1. The van der Waals surface area contributed by atoms with Crippen molar-refractivity contribution in [2.45, 2.75) is 39.2 Å². The Labute approximate surface area is 151 Å². The Morgan fingerprint density at radius 3 is 3.00 bits per heavy atom. The van der Waals surface area contributed by atoms with Gasteiger partial charge < -0.3 is 10.1 Å². The largest absolute Gasteiger partial charge is 0.462 e. The summed E-state index contributed by atoms with van der Waals surface area (Å²) >= 11 is 6.14. The predicted octanol–water partition coefficient (Wildman–Crippen LogP) is 3.35. The highest BCUT2D eigenvalue weighted by molar-refractivity contribution is 6.30. The number of hydrogen-bond acceptors (Lipinski definition) is 6. The summed E-state index contributed by atoms with van der Waals surface area (Å²) in [6.07, 6.45) is 2.94. The van der Waals surface area contributed by atoms with E-state index in [1.54, 1.807) is 16.8 Å². The fourth-order valence-electron chi connectivity index (χ4n) is 2.86. The standard InChI is InChI=1S/C17H20ClN5O2/c1-3-4-5-9-25-16(24)14-11(2)19-17-20-21-22-23(17)15(14)12-7-6-8-13(18)10-12/h6-8,10,15H,3-5,9H2,1-2H3,(H,19,20,22). The van der Waals surface area contributed by atoms with Crippen LogP contribution >= 0.6 is 11.6 Å². The Hall–Kier alpha value is -2.41. The molecule has 1 aliphatic heterocycles. The number of unbranched alkanes of at least 4 members (excludes halogenated alkanes) is 2. The van der Waals surface area contributed by atoms with Gasteiger partial charge in [0.2, 0.25) is 5.95 Å². The quantitative estimate of drug-likeness (QED) is 0.627. The van der Waals surface area contributed by atoms with Crippen LogP contribution in [-0.2, 0) is 9.53 Å². The third-order valence-corrected chi connectivity index (χ3v) is 4.31. The van der Waals surface area contributed by atoms with Crippen molar-refractivity contribution >= 4 is 23.5 Å². The highest BCUT2D eigenvalue weighted by Gasteiger charge is 2.34. The smallest absolute Gasteiger partial charge is 0.338 e. The maximum atomic E-state index is 12.7. The van der Waals surface area contributed by atoms with E-state index in [4.69, 9.17) is 16.3 Å². The van der Waals surface area contributed by atoms with Crippen molar-refractivity contribution in [2.24, 2.45) is 0 Å². The lowest BCUT2D eigenvalue weighted by Crippen LogP contribution is -2.29. The van der Waals surface area contributed by atoms with Crippen molar-refractivity contribution in [2.75, 3.05) is 11.9 Å². The van der Waals surface area contributed by atoms with Gasteiger partial charge in [0.25, 0.3) is 0 Å². The Bertz CT molecular complexity index is 802. The third kappa shape index (κ3) is 3.66. The molecule has 1 atom stereocenters. The number of carbonyl (C=O) groups excluding carboxylic acids is 1. The maximum Gasteiger partial charge on any atom is 0.338 e. The zero-order valence-corrected chi connectivity index (χ0v) is 15.0. The van der Waals surface area contributed by atoms with Crippen LogP contribution in [0.2, 0.25) is 5.02 Å². The number of fused-ring (bicyclic) bond motifs is 1. The molecule has 0 amide bonds. The van der Waals surface area contributed by atoms with E-state index in [0.29, 0.717) is 28.8 Å². The Morgan fingerprint density at radius 1 is 1.40 bits per heavy atom. The molecule has 1 aliphatic rings. The van der Waals surface area contributed by atoms with Crippen LogP contribution in [0.3, 0.4) is 0 Å². The van der Waals surface area contributed by atoms with E-state index < -0.39 is 6.04 Å². The number of anilines is 1.